The maximum atomic E-state index is 4.04. The van der Waals surface area contributed by atoms with Crippen LogP contribution in [-0.2, 0) is 13.1 Å². The average Bonchev–Trinajstić information content (AvgIpc) is 2.74. The Hall–Kier alpha value is -1.61. The second-order valence-electron chi connectivity index (χ2n) is 3.78. The van der Waals surface area contributed by atoms with Gasteiger partial charge in [0.25, 0.3) is 0 Å². The van der Waals surface area contributed by atoms with Crippen molar-refractivity contribution < 1.29 is 0 Å². The van der Waals surface area contributed by atoms with E-state index < -0.39 is 0 Å². The van der Waals surface area contributed by atoms with E-state index in [1.807, 2.05) is 12.4 Å². The smallest absolute Gasteiger partial charge is 0.0394 e. The SMILES string of the molecule is c1cc(-c2ccn3c2CNCC3)ccn1. The highest BCUT2D eigenvalue weighted by atomic mass is 15.1. The molecule has 3 nitrogen and oxygen atoms in total. The van der Waals surface area contributed by atoms with Crippen molar-refractivity contribution in [3.8, 4) is 11.1 Å². The van der Waals surface area contributed by atoms with Gasteiger partial charge in [-0.1, -0.05) is 0 Å². The fourth-order valence-corrected chi connectivity index (χ4v) is 2.11. The van der Waals surface area contributed by atoms with Gasteiger partial charge in [0.2, 0.25) is 0 Å². The molecule has 3 heteroatoms. The molecule has 0 fully saturated rings. The van der Waals surface area contributed by atoms with Gasteiger partial charge < -0.3 is 9.88 Å². The fourth-order valence-electron chi connectivity index (χ4n) is 2.11. The molecule has 0 saturated carbocycles. The Morgan fingerprint density at radius 3 is 2.93 bits per heavy atom. The molecule has 1 aliphatic heterocycles. The molecule has 15 heavy (non-hydrogen) atoms. The molecule has 0 saturated heterocycles. The number of pyridine rings is 1. The lowest BCUT2D eigenvalue weighted by atomic mass is 10.1. The number of hydrogen-bond donors (Lipinski definition) is 1. The van der Waals surface area contributed by atoms with Crippen LogP contribution in [0.5, 0.6) is 0 Å². The van der Waals surface area contributed by atoms with Crippen LogP contribution in [0.25, 0.3) is 11.1 Å². The third kappa shape index (κ3) is 1.45. The number of hydrogen-bond acceptors (Lipinski definition) is 2. The van der Waals surface area contributed by atoms with Gasteiger partial charge in [0.15, 0.2) is 0 Å². The maximum absolute atomic E-state index is 4.04. The van der Waals surface area contributed by atoms with Crippen LogP contribution < -0.4 is 5.32 Å². The van der Waals surface area contributed by atoms with Crippen molar-refractivity contribution in [1.82, 2.24) is 14.9 Å². The quantitative estimate of drug-likeness (QED) is 0.757. The summed E-state index contributed by atoms with van der Waals surface area (Å²) in [6.07, 6.45) is 5.86. The van der Waals surface area contributed by atoms with Crippen molar-refractivity contribution in [3.05, 3.63) is 42.5 Å². The van der Waals surface area contributed by atoms with Crippen molar-refractivity contribution in [3.63, 3.8) is 0 Å². The van der Waals surface area contributed by atoms with E-state index in [1.165, 1.54) is 16.8 Å². The first kappa shape index (κ1) is 8.68. The molecule has 0 unspecified atom stereocenters. The van der Waals surface area contributed by atoms with Gasteiger partial charge in [-0.05, 0) is 23.8 Å². The Bertz CT molecular complexity index is 459. The summed E-state index contributed by atoms with van der Waals surface area (Å²) in [6, 6.07) is 6.31. The van der Waals surface area contributed by atoms with E-state index in [2.05, 4.69) is 39.3 Å². The molecule has 3 rings (SSSR count). The number of nitrogens with zero attached hydrogens (tertiary/aromatic N) is 2. The normalized spacial score (nSPS) is 14.9. The first-order valence-electron chi connectivity index (χ1n) is 5.24. The van der Waals surface area contributed by atoms with Gasteiger partial charge in [-0.3, -0.25) is 4.98 Å². The van der Waals surface area contributed by atoms with E-state index in [4.69, 9.17) is 0 Å². The molecular formula is C12H13N3. The summed E-state index contributed by atoms with van der Waals surface area (Å²) in [7, 11) is 0. The van der Waals surface area contributed by atoms with E-state index in [-0.39, 0.29) is 0 Å². The monoisotopic (exact) mass is 199 g/mol. The van der Waals surface area contributed by atoms with Crippen LogP contribution in [0, 0.1) is 0 Å². The molecule has 1 aliphatic rings. The van der Waals surface area contributed by atoms with E-state index in [0.717, 1.165) is 19.6 Å². The number of aromatic nitrogens is 2. The second kappa shape index (κ2) is 3.51. The Morgan fingerprint density at radius 1 is 1.20 bits per heavy atom. The number of fused-ring (bicyclic) bond motifs is 1. The van der Waals surface area contributed by atoms with Crippen LogP contribution in [0.15, 0.2) is 36.8 Å². The summed E-state index contributed by atoms with van der Waals surface area (Å²) in [4.78, 5) is 4.04. The van der Waals surface area contributed by atoms with E-state index in [1.54, 1.807) is 0 Å². The van der Waals surface area contributed by atoms with Crippen LogP contribution in [-0.4, -0.2) is 16.1 Å². The van der Waals surface area contributed by atoms with Gasteiger partial charge >= 0.3 is 0 Å². The van der Waals surface area contributed by atoms with Crippen molar-refractivity contribution in [2.45, 2.75) is 13.1 Å². The van der Waals surface area contributed by atoms with Gasteiger partial charge in [-0.15, -0.1) is 0 Å². The summed E-state index contributed by atoms with van der Waals surface area (Å²) < 4.78 is 2.33. The van der Waals surface area contributed by atoms with Gasteiger partial charge in [0.05, 0.1) is 0 Å². The molecule has 0 amide bonds. The molecule has 0 bridgehead atoms. The Balaban J connectivity index is 2.09. The number of rotatable bonds is 1. The molecule has 0 spiro atoms. The molecule has 1 N–H and O–H groups in total. The van der Waals surface area contributed by atoms with Gasteiger partial charge in [-0.25, -0.2) is 0 Å². The topological polar surface area (TPSA) is 29.9 Å². The molecule has 2 aromatic heterocycles. The molecule has 0 aromatic carbocycles. The highest BCUT2D eigenvalue weighted by Gasteiger charge is 2.13. The van der Waals surface area contributed by atoms with Crippen LogP contribution in [0.4, 0.5) is 0 Å². The van der Waals surface area contributed by atoms with E-state index in [0.29, 0.717) is 0 Å². The van der Waals surface area contributed by atoms with Gasteiger partial charge in [0, 0.05) is 49.5 Å². The average molecular weight is 199 g/mol. The van der Waals surface area contributed by atoms with Crippen molar-refractivity contribution >= 4 is 0 Å². The van der Waals surface area contributed by atoms with E-state index >= 15 is 0 Å². The fraction of sp³-hybridized carbons (Fsp3) is 0.250. The van der Waals surface area contributed by atoms with Crippen molar-refractivity contribution in [2.75, 3.05) is 6.54 Å². The zero-order chi connectivity index (χ0) is 10.1. The van der Waals surface area contributed by atoms with Gasteiger partial charge in [0.1, 0.15) is 0 Å². The maximum Gasteiger partial charge on any atom is 0.0394 e. The first-order valence-corrected chi connectivity index (χ1v) is 5.24. The Morgan fingerprint density at radius 2 is 2.07 bits per heavy atom. The second-order valence-corrected chi connectivity index (χ2v) is 3.78. The lowest BCUT2D eigenvalue weighted by Gasteiger charge is -2.18. The molecule has 0 atom stereocenters. The Kier molecular flexibility index (Phi) is 2.03. The zero-order valence-corrected chi connectivity index (χ0v) is 8.48. The molecule has 0 radical (unpaired) electrons. The summed E-state index contributed by atoms with van der Waals surface area (Å²) >= 11 is 0. The minimum Gasteiger partial charge on any atom is -0.348 e. The molecule has 3 heterocycles. The first-order chi connectivity index (χ1) is 7.45. The predicted octanol–water partition coefficient (Wildman–Crippen LogP) is 1.65. The summed E-state index contributed by atoms with van der Waals surface area (Å²) in [5.74, 6) is 0. The highest BCUT2D eigenvalue weighted by molar-refractivity contribution is 5.66. The largest absolute Gasteiger partial charge is 0.348 e. The van der Waals surface area contributed by atoms with Crippen LogP contribution in [0.1, 0.15) is 5.69 Å². The third-order valence-corrected chi connectivity index (χ3v) is 2.89. The third-order valence-electron chi connectivity index (χ3n) is 2.89. The van der Waals surface area contributed by atoms with E-state index in [9.17, 15) is 0 Å². The van der Waals surface area contributed by atoms with Crippen molar-refractivity contribution in [2.24, 2.45) is 0 Å². The summed E-state index contributed by atoms with van der Waals surface area (Å²) in [6.45, 7) is 3.10. The number of nitrogens with one attached hydrogen (secondary N) is 1. The summed E-state index contributed by atoms with van der Waals surface area (Å²) in [5.41, 5.74) is 3.96. The molecule has 0 aliphatic carbocycles. The zero-order valence-electron chi connectivity index (χ0n) is 8.48. The lowest BCUT2D eigenvalue weighted by Crippen LogP contribution is -2.27. The Labute approximate surface area is 88.8 Å². The minimum absolute atomic E-state index is 0.963. The van der Waals surface area contributed by atoms with Crippen molar-refractivity contribution in [1.29, 1.82) is 0 Å². The van der Waals surface area contributed by atoms with Crippen LogP contribution in [0.2, 0.25) is 0 Å². The molecular weight excluding hydrogens is 186 g/mol. The summed E-state index contributed by atoms with van der Waals surface area (Å²) in [5, 5.41) is 3.40. The minimum atomic E-state index is 0.963. The van der Waals surface area contributed by atoms with Gasteiger partial charge in [-0.2, -0.15) is 0 Å². The van der Waals surface area contributed by atoms with Crippen LogP contribution in [0.3, 0.4) is 0 Å². The standard InChI is InChI=1S/C12H13N3/c1-4-13-5-2-10(1)11-3-7-15-8-6-14-9-12(11)15/h1-5,7,14H,6,8-9H2. The predicted molar refractivity (Wildman–Crippen MR) is 59.4 cm³/mol. The molecule has 76 valence electrons. The van der Waals surface area contributed by atoms with Crippen LogP contribution >= 0.6 is 0 Å². The highest BCUT2D eigenvalue weighted by Crippen LogP contribution is 2.25. The lowest BCUT2D eigenvalue weighted by molar-refractivity contribution is 0.518. The molecule has 2 aromatic rings.